The van der Waals surface area contributed by atoms with Crippen LogP contribution < -0.4 is 16.2 Å². The van der Waals surface area contributed by atoms with Crippen molar-refractivity contribution in [3.63, 3.8) is 0 Å². The molecule has 2 rings (SSSR count). The smallest absolute Gasteiger partial charge is 0.280 e. The molecule has 1 atom stereocenters. The van der Waals surface area contributed by atoms with Crippen LogP contribution in [0.25, 0.3) is 11.2 Å². The summed E-state index contributed by atoms with van der Waals surface area (Å²) in [5, 5.41) is 0. The molecule has 2 aromatic heterocycles. The second-order valence-electron chi connectivity index (χ2n) is 5.69. The van der Waals surface area contributed by atoms with Crippen molar-refractivity contribution < 1.29 is 14.2 Å². The Bertz CT molecular complexity index is 798. The number of nitrogens with two attached hydrogens (primary N) is 1. The second-order valence-corrected chi connectivity index (χ2v) is 7.98. The van der Waals surface area contributed by atoms with Crippen molar-refractivity contribution in [1.82, 2.24) is 24.2 Å². The lowest BCUT2D eigenvalue weighted by Crippen LogP contribution is -2.30. The number of anilines is 1. The van der Waals surface area contributed by atoms with Crippen molar-refractivity contribution in [3.8, 4) is 0 Å². The van der Waals surface area contributed by atoms with Gasteiger partial charge in [-0.3, -0.25) is 19.0 Å². The average molecular weight is 371 g/mol. The van der Waals surface area contributed by atoms with Gasteiger partial charge in [0.1, 0.15) is 6.73 Å². The van der Waals surface area contributed by atoms with Gasteiger partial charge in [-0.1, -0.05) is 13.8 Å². The summed E-state index contributed by atoms with van der Waals surface area (Å²) >= 11 is 0. The molecule has 0 spiro atoms. The highest BCUT2D eigenvalue weighted by Gasteiger charge is 2.17. The van der Waals surface area contributed by atoms with E-state index in [1.807, 2.05) is 13.8 Å². The van der Waals surface area contributed by atoms with Crippen molar-refractivity contribution in [3.05, 3.63) is 16.7 Å². The lowest BCUT2D eigenvalue weighted by molar-refractivity contribution is -0.188. The van der Waals surface area contributed by atoms with Crippen LogP contribution in [0.3, 0.4) is 0 Å². The Balaban J connectivity index is 1.95. The highest BCUT2D eigenvalue weighted by atomic mass is 31.2. The van der Waals surface area contributed by atoms with Crippen molar-refractivity contribution in [2.75, 3.05) is 31.6 Å². The van der Waals surface area contributed by atoms with Crippen LogP contribution in [0.4, 0.5) is 5.95 Å². The molecule has 0 bridgehead atoms. The van der Waals surface area contributed by atoms with E-state index in [-0.39, 0.29) is 31.0 Å². The van der Waals surface area contributed by atoms with Gasteiger partial charge >= 0.3 is 0 Å². The molecule has 3 N–H and O–H groups in total. The van der Waals surface area contributed by atoms with Crippen LogP contribution in [0, 0.1) is 0 Å². The van der Waals surface area contributed by atoms with Gasteiger partial charge in [-0.25, -0.2) is 4.98 Å². The monoisotopic (exact) mass is 371 g/mol. The average Bonchev–Trinajstić information content (AvgIpc) is 2.94. The van der Waals surface area contributed by atoms with Crippen LogP contribution in [-0.4, -0.2) is 50.0 Å². The zero-order valence-electron chi connectivity index (χ0n) is 14.5. The summed E-state index contributed by atoms with van der Waals surface area (Å²) in [6.45, 7) is 5.02. The number of imidazole rings is 1. The van der Waals surface area contributed by atoms with Gasteiger partial charge in [0.2, 0.25) is 5.95 Å². The summed E-state index contributed by atoms with van der Waals surface area (Å²) in [5.41, 5.74) is 5.55. The molecule has 0 aromatic carbocycles. The third kappa shape index (κ3) is 4.88. The third-order valence-electron chi connectivity index (χ3n) is 3.64. The number of H-pyrrole nitrogens is 1. The van der Waals surface area contributed by atoms with Gasteiger partial charge < -0.3 is 19.9 Å². The maximum Gasteiger partial charge on any atom is 0.280 e. The van der Waals surface area contributed by atoms with Crippen molar-refractivity contribution in [2.24, 2.45) is 0 Å². The number of hydrogen-bond acceptors (Lipinski definition) is 7. The van der Waals surface area contributed by atoms with Crippen molar-refractivity contribution in [1.29, 1.82) is 0 Å². The molecule has 0 saturated carbocycles. The van der Waals surface area contributed by atoms with Crippen LogP contribution in [0.5, 0.6) is 0 Å². The summed E-state index contributed by atoms with van der Waals surface area (Å²) < 4.78 is 20.8. The molecule has 0 amide bonds. The number of hydrogen-bond donors (Lipinski definition) is 2. The lowest BCUT2D eigenvalue weighted by atomic mass is 10.4. The van der Waals surface area contributed by atoms with Gasteiger partial charge in [0.25, 0.3) is 5.56 Å². The molecule has 2 aromatic rings. The van der Waals surface area contributed by atoms with Gasteiger partial charge in [-0.05, 0) is 12.8 Å². The van der Waals surface area contributed by atoms with Crippen LogP contribution >= 0.6 is 7.52 Å². The van der Waals surface area contributed by atoms with E-state index in [0.29, 0.717) is 18.7 Å². The minimum absolute atomic E-state index is 0.0157. The van der Waals surface area contributed by atoms with Gasteiger partial charge in [0.05, 0.1) is 20.5 Å². The first-order chi connectivity index (χ1) is 11.9. The highest BCUT2D eigenvalue weighted by molar-refractivity contribution is 7.54. The predicted molar refractivity (Wildman–Crippen MR) is 93.1 cm³/mol. The first-order valence-electron chi connectivity index (χ1n) is 8.23. The largest absolute Gasteiger partial charge is 0.788 e. The van der Waals surface area contributed by atoms with E-state index in [9.17, 15) is 14.3 Å². The van der Waals surface area contributed by atoms with E-state index >= 15 is 0 Å². The topological polar surface area (TPSA) is 142 Å². The highest BCUT2D eigenvalue weighted by Crippen LogP contribution is 2.40. The van der Waals surface area contributed by atoms with Gasteiger partial charge in [-0.2, -0.15) is 4.98 Å². The molecule has 0 fully saturated rings. The first kappa shape index (κ1) is 19.6. The predicted octanol–water partition coefficient (Wildman–Crippen LogP) is 0.351. The number of fused-ring (bicyclic) bond motifs is 1. The van der Waals surface area contributed by atoms with E-state index in [1.165, 1.54) is 15.6 Å². The van der Waals surface area contributed by atoms with E-state index in [0.717, 1.165) is 12.8 Å². The minimum atomic E-state index is -3.66. The molecule has 0 radical (unpaired) electrons. The molecule has 11 heteroatoms. The van der Waals surface area contributed by atoms with Gasteiger partial charge in [0.15, 0.2) is 11.2 Å². The van der Waals surface area contributed by atoms with Crippen LogP contribution in [-0.2, 0) is 16.0 Å². The summed E-state index contributed by atoms with van der Waals surface area (Å²) in [5.74, 6) is -0.0157. The fourth-order valence-corrected chi connectivity index (χ4v) is 4.13. The Hall–Kier alpha value is -1.74. The molecule has 0 aliphatic carbocycles. The quantitative estimate of drug-likeness (QED) is 0.450. The number of rotatable bonds is 10. The normalized spacial score (nSPS) is 14.2. The molecule has 140 valence electrons. The SMILES string of the molecule is CCCN(CCC)P(=O)([O-])CCOCn1cnc2c(=O)[nH]c(N)nc21. The summed E-state index contributed by atoms with van der Waals surface area (Å²) in [4.78, 5) is 34.4. The maximum atomic E-state index is 12.4. The first-order valence-corrected chi connectivity index (χ1v) is 9.99. The second kappa shape index (κ2) is 8.57. The van der Waals surface area contributed by atoms with E-state index in [4.69, 9.17) is 10.5 Å². The molecule has 1 unspecified atom stereocenters. The van der Waals surface area contributed by atoms with Gasteiger partial charge in [-0.15, -0.1) is 0 Å². The van der Waals surface area contributed by atoms with E-state index in [1.54, 1.807) is 0 Å². The fourth-order valence-electron chi connectivity index (χ4n) is 2.48. The Kier molecular flexibility index (Phi) is 6.71. The molecule has 0 aliphatic rings. The third-order valence-corrected chi connectivity index (χ3v) is 5.65. The Labute approximate surface area is 145 Å². The van der Waals surface area contributed by atoms with Gasteiger partial charge in [0, 0.05) is 19.3 Å². The zero-order chi connectivity index (χ0) is 18.4. The van der Waals surface area contributed by atoms with Crippen LogP contribution in [0.2, 0.25) is 0 Å². The zero-order valence-corrected chi connectivity index (χ0v) is 15.4. The summed E-state index contributed by atoms with van der Waals surface area (Å²) in [6, 6.07) is 0. The number of aromatic nitrogens is 4. The Morgan fingerprint density at radius 3 is 2.72 bits per heavy atom. The Morgan fingerprint density at radius 2 is 2.08 bits per heavy atom. The molecule has 10 nitrogen and oxygen atoms in total. The molecule has 0 saturated heterocycles. The standard InChI is InChI=1S/C14H25N6O4P/c1-3-5-20(6-4-2)25(22,23)8-7-24-10-19-9-16-11-12(19)17-14(15)18-13(11)21/h9H,3-8,10H2,1-2H3,(H,22,23)(H3,15,17,18,21)/p-1. The molecular weight excluding hydrogens is 347 g/mol. The van der Waals surface area contributed by atoms with E-state index in [2.05, 4.69) is 15.0 Å². The number of aromatic amines is 1. The molecule has 25 heavy (non-hydrogen) atoms. The number of nitrogens with zero attached hydrogens (tertiary/aromatic N) is 4. The minimum Gasteiger partial charge on any atom is -0.788 e. The lowest BCUT2D eigenvalue weighted by Gasteiger charge is -2.36. The summed E-state index contributed by atoms with van der Waals surface area (Å²) in [7, 11) is -3.66. The molecular formula is C14H24N6O4P-. The number of nitrogens with one attached hydrogen (secondary N) is 1. The van der Waals surface area contributed by atoms with Crippen LogP contribution in [0.15, 0.2) is 11.1 Å². The molecule has 2 heterocycles. The Morgan fingerprint density at radius 1 is 1.40 bits per heavy atom. The summed E-state index contributed by atoms with van der Waals surface area (Å²) in [6.07, 6.45) is 2.88. The maximum absolute atomic E-state index is 12.4. The van der Waals surface area contributed by atoms with Crippen molar-refractivity contribution >= 4 is 24.6 Å². The number of ether oxygens (including phenoxy) is 1. The van der Waals surface area contributed by atoms with Crippen molar-refractivity contribution in [2.45, 2.75) is 33.4 Å². The van der Waals surface area contributed by atoms with Crippen LogP contribution in [0.1, 0.15) is 26.7 Å². The molecule has 0 aliphatic heterocycles. The fraction of sp³-hybridized carbons (Fsp3) is 0.643. The number of nitrogen functional groups attached to an aromatic ring is 1. The van der Waals surface area contributed by atoms with E-state index < -0.39 is 13.1 Å².